The highest BCUT2D eigenvalue weighted by molar-refractivity contribution is 5.95. The zero-order valence-corrected chi connectivity index (χ0v) is 21.9. The highest BCUT2D eigenvalue weighted by atomic mass is 16.5. The van der Waals surface area contributed by atoms with Crippen LogP contribution >= 0.6 is 0 Å². The number of hydrogen-bond donors (Lipinski definition) is 1. The molecular formula is C29H41N5O. The van der Waals surface area contributed by atoms with Crippen molar-refractivity contribution in [2.24, 2.45) is 0 Å². The van der Waals surface area contributed by atoms with Crippen LogP contribution < -0.4 is 4.90 Å². The van der Waals surface area contributed by atoms with E-state index in [9.17, 15) is 0 Å². The van der Waals surface area contributed by atoms with Crippen molar-refractivity contribution < 1.29 is 4.74 Å². The first kappa shape index (κ1) is 24.3. The van der Waals surface area contributed by atoms with Gasteiger partial charge >= 0.3 is 0 Å². The first-order valence-corrected chi connectivity index (χ1v) is 13.4. The minimum absolute atomic E-state index is 0.628. The molecule has 188 valence electrons. The number of fused-ring (bicyclic) bond motifs is 1. The van der Waals surface area contributed by atoms with Crippen molar-refractivity contribution in [3.8, 4) is 11.3 Å². The van der Waals surface area contributed by atoms with E-state index in [0.29, 0.717) is 6.04 Å². The lowest BCUT2D eigenvalue weighted by molar-refractivity contribution is 0.0374. The quantitative estimate of drug-likeness (QED) is 0.539. The van der Waals surface area contributed by atoms with Crippen LogP contribution in [0.3, 0.4) is 0 Å². The second kappa shape index (κ2) is 10.7. The number of nitrogens with zero attached hydrogens (tertiary/aromatic N) is 4. The number of nitrogens with one attached hydrogen (secondary N) is 1. The summed E-state index contributed by atoms with van der Waals surface area (Å²) >= 11 is 0. The predicted octanol–water partition coefficient (Wildman–Crippen LogP) is 4.64. The predicted molar refractivity (Wildman–Crippen MR) is 146 cm³/mol. The number of benzene rings is 1. The number of aromatic amines is 1. The maximum Gasteiger partial charge on any atom is 0.0799 e. The number of hydrogen-bond acceptors (Lipinski definition) is 5. The smallest absolute Gasteiger partial charge is 0.0799 e. The van der Waals surface area contributed by atoms with Gasteiger partial charge in [-0.2, -0.15) is 0 Å². The lowest BCUT2D eigenvalue weighted by atomic mass is 10.0. The Hall–Kier alpha value is -2.41. The number of pyridine rings is 1. The van der Waals surface area contributed by atoms with Crippen LogP contribution in [0.15, 0.2) is 30.3 Å². The summed E-state index contributed by atoms with van der Waals surface area (Å²) in [5, 5.41) is 1.24. The number of rotatable bonds is 7. The van der Waals surface area contributed by atoms with Crippen LogP contribution in [0.25, 0.3) is 22.2 Å². The molecule has 4 heterocycles. The van der Waals surface area contributed by atoms with E-state index in [1.54, 1.807) is 0 Å². The van der Waals surface area contributed by atoms with Gasteiger partial charge in [0, 0.05) is 73.3 Å². The molecule has 5 rings (SSSR count). The molecule has 1 aromatic carbocycles. The Balaban J connectivity index is 1.32. The number of H-pyrrole nitrogens is 1. The molecule has 35 heavy (non-hydrogen) atoms. The van der Waals surface area contributed by atoms with Crippen molar-refractivity contribution >= 4 is 16.6 Å². The summed E-state index contributed by atoms with van der Waals surface area (Å²) in [6.07, 6.45) is 2.22. The molecule has 6 heteroatoms. The SMILES string of the molecule is Cc1nc(-c2ccc(N3CCN(C(C)C)CC3)cc2)c2cc(CCCN3CCOCC3)[nH]c2c1C. The van der Waals surface area contributed by atoms with Crippen LogP contribution in [0.1, 0.15) is 37.2 Å². The fourth-order valence-corrected chi connectivity index (χ4v) is 5.48. The first-order chi connectivity index (χ1) is 17.0. The Labute approximate surface area is 210 Å². The Bertz CT molecular complexity index is 1120. The molecule has 0 spiro atoms. The van der Waals surface area contributed by atoms with Gasteiger partial charge in [-0.25, -0.2) is 0 Å². The van der Waals surface area contributed by atoms with Crippen molar-refractivity contribution in [2.45, 2.75) is 46.6 Å². The molecule has 0 aliphatic carbocycles. The molecule has 3 aromatic rings. The maximum atomic E-state index is 5.48. The highest BCUT2D eigenvalue weighted by Crippen LogP contribution is 2.32. The summed E-state index contributed by atoms with van der Waals surface area (Å²) in [6.45, 7) is 18.3. The molecule has 2 aromatic heterocycles. The Morgan fingerprint density at radius 3 is 2.37 bits per heavy atom. The Morgan fingerprint density at radius 1 is 0.971 bits per heavy atom. The van der Waals surface area contributed by atoms with Gasteiger partial charge in [0.2, 0.25) is 0 Å². The van der Waals surface area contributed by atoms with Crippen LogP contribution in [0.2, 0.25) is 0 Å². The van der Waals surface area contributed by atoms with Crippen molar-refractivity contribution in [1.82, 2.24) is 19.8 Å². The molecule has 0 atom stereocenters. The monoisotopic (exact) mass is 475 g/mol. The zero-order valence-electron chi connectivity index (χ0n) is 21.9. The highest BCUT2D eigenvalue weighted by Gasteiger charge is 2.20. The third-order valence-corrected chi connectivity index (χ3v) is 7.90. The zero-order chi connectivity index (χ0) is 24.4. The van der Waals surface area contributed by atoms with E-state index < -0.39 is 0 Å². The topological polar surface area (TPSA) is 47.6 Å². The number of ether oxygens (including phenoxy) is 1. The lowest BCUT2D eigenvalue weighted by Crippen LogP contribution is -2.48. The van der Waals surface area contributed by atoms with Gasteiger partial charge in [0.05, 0.1) is 24.4 Å². The van der Waals surface area contributed by atoms with E-state index in [1.807, 2.05) is 0 Å². The third kappa shape index (κ3) is 5.40. The molecule has 0 saturated carbocycles. The first-order valence-electron chi connectivity index (χ1n) is 13.4. The van der Waals surface area contributed by atoms with Gasteiger partial charge in [0.25, 0.3) is 0 Å². The van der Waals surface area contributed by atoms with Gasteiger partial charge in [-0.15, -0.1) is 0 Å². The lowest BCUT2D eigenvalue weighted by Gasteiger charge is -2.38. The molecular weight excluding hydrogens is 434 g/mol. The molecule has 1 N–H and O–H groups in total. The van der Waals surface area contributed by atoms with Gasteiger partial charge < -0.3 is 14.6 Å². The molecule has 0 radical (unpaired) electrons. The average molecular weight is 476 g/mol. The normalized spacial score (nSPS) is 18.1. The fourth-order valence-electron chi connectivity index (χ4n) is 5.48. The van der Waals surface area contributed by atoms with Crippen LogP contribution in [-0.4, -0.2) is 84.8 Å². The van der Waals surface area contributed by atoms with Gasteiger partial charge in [-0.1, -0.05) is 12.1 Å². The van der Waals surface area contributed by atoms with Crippen molar-refractivity contribution in [3.05, 3.63) is 47.3 Å². The fraction of sp³-hybridized carbons (Fsp3) is 0.552. The number of piperazine rings is 1. The maximum absolute atomic E-state index is 5.48. The van der Waals surface area contributed by atoms with Crippen LogP contribution in [0.4, 0.5) is 5.69 Å². The molecule has 6 nitrogen and oxygen atoms in total. The van der Waals surface area contributed by atoms with E-state index in [0.717, 1.165) is 83.3 Å². The third-order valence-electron chi connectivity index (χ3n) is 7.90. The second-order valence-corrected chi connectivity index (χ2v) is 10.5. The summed E-state index contributed by atoms with van der Waals surface area (Å²) < 4.78 is 5.48. The average Bonchev–Trinajstić information content (AvgIpc) is 3.31. The van der Waals surface area contributed by atoms with Crippen LogP contribution in [0.5, 0.6) is 0 Å². The molecule has 2 aliphatic heterocycles. The largest absolute Gasteiger partial charge is 0.379 e. The van der Waals surface area contributed by atoms with Gasteiger partial charge in [0.15, 0.2) is 0 Å². The summed E-state index contributed by atoms with van der Waals surface area (Å²) in [6, 6.07) is 12.0. The number of anilines is 1. The summed E-state index contributed by atoms with van der Waals surface area (Å²) in [7, 11) is 0. The van der Waals surface area contributed by atoms with Crippen LogP contribution in [-0.2, 0) is 11.2 Å². The van der Waals surface area contributed by atoms with E-state index >= 15 is 0 Å². The number of aryl methyl sites for hydroxylation is 3. The van der Waals surface area contributed by atoms with Crippen molar-refractivity contribution in [2.75, 3.05) is 63.9 Å². The Morgan fingerprint density at radius 2 is 1.69 bits per heavy atom. The van der Waals surface area contributed by atoms with Crippen LogP contribution in [0, 0.1) is 13.8 Å². The minimum atomic E-state index is 0.628. The van der Waals surface area contributed by atoms with E-state index in [1.165, 1.54) is 33.4 Å². The molecule has 2 aliphatic rings. The Kier molecular flexibility index (Phi) is 7.42. The van der Waals surface area contributed by atoms with E-state index in [-0.39, 0.29) is 0 Å². The van der Waals surface area contributed by atoms with Gasteiger partial charge in [-0.05, 0) is 70.8 Å². The molecule has 2 saturated heterocycles. The van der Waals surface area contributed by atoms with Crippen molar-refractivity contribution in [3.63, 3.8) is 0 Å². The minimum Gasteiger partial charge on any atom is -0.379 e. The molecule has 2 fully saturated rings. The number of aromatic nitrogens is 2. The number of morpholine rings is 1. The van der Waals surface area contributed by atoms with E-state index in [2.05, 4.69) is 77.7 Å². The second-order valence-electron chi connectivity index (χ2n) is 10.5. The summed E-state index contributed by atoms with van der Waals surface area (Å²) in [5.41, 5.74) is 8.50. The van der Waals surface area contributed by atoms with Crippen molar-refractivity contribution in [1.29, 1.82) is 0 Å². The van der Waals surface area contributed by atoms with Gasteiger partial charge in [0.1, 0.15) is 0 Å². The summed E-state index contributed by atoms with van der Waals surface area (Å²) in [5.74, 6) is 0. The molecule has 0 unspecified atom stereocenters. The standard InChI is InChI=1S/C29H41N5O/c1-21(2)33-12-14-34(15-13-33)26-9-7-24(8-10-26)29-27-20-25(31-28(27)22(3)23(4)30-29)6-5-11-32-16-18-35-19-17-32/h7-10,20-21,31H,5-6,11-19H2,1-4H3. The van der Waals surface area contributed by atoms with E-state index in [4.69, 9.17) is 9.72 Å². The molecule has 0 amide bonds. The van der Waals surface area contributed by atoms with Gasteiger partial charge in [-0.3, -0.25) is 14.8 Å². The molecule has 0 bridgehead atoms. The summed E-state index contributed by atoms with van der Waals surface area (Å²) in [4.78, 5) is 16.4.